The number of hydrogen-bond donors (Lipinski definition) is 1. The van der Waals surface area contributed by atoms with Crippen molar-refractivity contribution in [2.75, 3.05) is 5.32 Å². The van der Waals surface area contributed by atoms with Crippen molar-refractivity contribution in [1.82, 2.24) is 9.13 Å². The van der Waals surface area contributed by atoms with Crippen molar-refractivity contribution >= 4 is 33.1 Å². The molecule has 30 heavy (non-hydrogen) atoms. The topological polar surface area (TPSA) is 73.1 Å². The third-order valence-corrected chi connectivity index (χ3v) is 5.88. The van der Waals surface area contributed by atoms with E-state index in [2.05, 4.69) is 5.32 Å². The molecule has 2 aromatic carbocycles. The smallest absolute Gasteiger partial charge is 0.324 e. The average molecular weight is 420 g/mol. The fraction of sp³-hybridized carbons (Fsp3) is 0.174. The number of fused-ring (bicyclic) bond motifs is 1. The molecule has 152 valence electrons. The minimum absolute atomic E-state index is 0.189. The van der Waals surface area contributed by atoms with Crippen LogP contribution in [0, 0.1) is 20.8 Å². The van der Waals surface area contributed by atoms with Crippen LogP contribution in [0.3, 0.4) is 0 Å². The molecule has 2 heterocycles. The van der Waals surface area contributed by atoms with E-state index in [1.807, 2.05) is 45.0 Å². The van der Waals surface area contributed by atoms with E-state index in [0.717, 1.165) is 21.3 Å². The minimum atomic E-state index is -0.535. The van der Waals surface area contributed by atoms with Gasteiger partial charge in [0.25, 0.3) is 5.56 Å². The highest BCUT2D eigenvalue weighted by atomic mass is 32.1. The Morgan fingerprint density at radius 3 is 2.53 bits per heavy atom. The molecule has 0 aliphatic carbocycles. The van der Waals surface area contributed by atoms with Gasteiger partial charge in [-0.2, -0.15) is 0 Å². The molecule has 2 aromatic heterocycles. The summed E-state index contributed by atoms with van der Waals surface area (Å²) in [6.07, 6.45) is 0. The first-order valence-electron chi connectivity index (χ1n) is 9.52. The molecule has 7 heteroatoms. The second-order valence-corrected chi connectivity index (χ2v) is 8.27. The van der Waals surface area contributed by atoms with E-state index in [1.54, 1.807) is 29.6 Å². The van der Waals surface area contributed by atoms with Gasteiger partial charge in [-0.05, 0) is 67.1 Å². The molecule has 4 rings (SSSR count). The normalized spacial score (nSPS) is 11.0. The monoisotopic (exact) mass is 419 g/mol. The standard InChI is InChI=1S/C23H21N3O3S/c1-14-5-4-6-17(11-14)26-22(28)21-19(9-10-30-21)25(23(26)29)13-20(27)24-18-12-15(2)7-8-16(18)3/h4-12H,13H2,1-3H3,(H,24,27). The molecule has 0 aliphatic rings. The van der Waals surface area contributed by atoms with Crippen LogP contribution < -0.4 is 16.6 Å². The van der Waals surface area contributed by atoms with Gasteiger partial charge >= 0.3 is 5.69 Å². The fourth-order valence-corrected chi connectivity index (χ4v) is 4.26. The summed E-state index contributed by atoms with van der Waals surface area (Å²) in [5, 5.41) is 4.64. The number of hydrogen-bond acceptors (Lipinski definition) is 4. The third kappa shape index (κ3) is 3.59. The number of nitrogens with zero attached hydrogens (tertiary/aromatic N) is 2. The summed E-state index contributed by atoms with van der Waals surface area (Å²) in [6, 6.07) is 14.7. The van der Waals surface area contributed by atoms with Crippen LogP contribution in [0.15, 0.2) is 63.5 Å². The molecular weight excluding hydrogens is 398 g/mol. The summed E-state index contributed by atoms with van der Waals surface area (Å²) in [5.74, 6) is -0.326. The Bertz CT molecular complexity index is 1400. The van der Waals surface area contributed by atoms with E-state index >= 15 is 0 Å². The van der Waals surface area contributed by atoms with Crippen molar-refractivity contribution in [1.29, 1.82) is 0 Å². The molecule has 0 spiro atoms. The molecule has 1 amide bonds. The molecule has 0 radical (unpaired) electrons. The highest BCUT2D eigenvalue weighted by molar-refractivity contribution is 7.17. The van der Waals surface area contributed by atoms with Crippen LogP contribution >= 0.6 is 11.3 Å². The number of carbonyl (C=O) groups excluding carboxylic acids is 1. The average Bonchev–Trinajstić information content (AvgIpc) is 3.18. The lowest BCUT2D eigenvalue weighted by molar-refractivity contribution is -0.116. The Balaban J connectivity index is 1.80. The number of carbonyl (C=O) groups is 1. The van der Waals surface area contributed by atoms with E-state index in [9.17, 15) is 14.4 Å². The van der Waals surface area contributed by atoms with Crippen molar-refractivity contribution < 1.29 is 4.79 Å². The van der Waals surface area contributed by atoms with Gasteiger partial charge in [0.2, 0.25) is 5.91 Å². The second-order valence-electron chi connectivity index (χ2n) is 7.35. The Hall–Kier alpha value is -3.45. The highest BCUT2D eigenvalue weighted by Crippen LogP contribution is 2.19. The zero-order valence-electron chi connectivity index (χ0n) is 16.9. The first-order valence-corrected chi connectivity index (χ1v) is 10.4. The van der Waals surface area contributed by atoms with Gasteiger partial charge in [0.15, 0.2) is 0 Å². The van der Waals surface area contributed by atoms with Crippen molar-refractivity contribution in [3.05, 3.63) is 91.4 Å². The molecule has 0 atom stereocenters. The summed E-state index contributed by atoms with van der Waals surface area (Å²) in [5.41, 5.74) is 3.66. The van der Waals surface area contributed by atoms with Crippen LogP contribution in [-0.4, -0.2) is 15.0 Å². The Kier molecular flexibility index (Phi) is 5.13. The number of nitrogens with one attached hydrogen (secondary N) is 1. The van der Waals surface area contributed by atoms with Crippen molar-refractivity contribution in [3.8, 4) is 5.69 Å². The van der Waals surface area contributed by atoms with Gasteiger partial charge in [-0.1, -0.05) is 24.3 Å². The third-order valence-electron chi connectivity index (χ3n) is 4.98. The lowest BCUT2D eigenvalue weighted by Crippen LogP contribution is -2.40. The molecule has 0 bridgehead atoms. The van der Waals surface area contributed by atoms with Crippen LogP contribution in [0.4, 0.5) is 5.69 Å². The zero-order chi connectivity index (χ0) is 21.4. The number of amides is 1. The lowest BCUT2D eigenvalue weighted by atomic mass is 10.1. The number of anilines is 1. The van der Waals surface area contributed by atoms with Crippen LogP contribution in [0.5, 0.6) is 0 Å². The summed E-state index contributed by atoms with van der Waals surface area (Å²) in [6.45, 7) is 5.57. The van der Waals surface area contributed by atoms with Gasteiger partial charge in [-0.3, -0.25) is 14.2 Å². The van der Waals surface area contributed by atoms with Gasteiger partial charge in [0, 0.05) is 5.69 Å². The summed E-state index contributed by atoms with van der Waals surface area (Å²) >= 11 is 1.26. The van der Waals surface area contributed by atoms with Crippen molar-refractivity contribution in [2.45, 2.75) is 27.3 Å². The van der Waals surface area contributed by atoms with Gasteiger partial charge in [0.05, 0.1) is 11.2 Å². The molecule has 6 nitrogen and oxygen atoms in total. The van der Waals surface area contributed by atoms with Crippen LogP contribution in [0.25, 0.3) is 15.9 Å². The first-order chi connectivity index (χ1) is 14.3. The molecule has 0 saturated heterocycles. The Labute approximate surface area is 177 Å². The van der Waals surface area contributed by atoms with E-state index in [4.69, 9.17) is 0 Å². The Morgan fingerprint density at radius 2 is 1.77 bits per heavy atom. The summed E-state index contributed by atoms with van der Waals surface area (Å²) in [4.78, 5) is 39.1. The van der Waals surface area contributed by atoms with E-state index in [1.165, 1.54) is 15.9 Å². The number of rotatable bonds is 4. The first kappa shape index (κ1) is 19.8. The van der Waals surface area contributed by atoms with Gasteiger partial charge in [0.1, 0.15) is 11.2 Å². The lowest BCUT2D eigenvalue weighted by Gasteiger charge is -2.14. The number of aromatic nitrogens is 2. The number of thiophene rings is 1. The van der Waals surface area contributed by atoms with E-state index < -0.39 is 5.69 Å². The maximum absolute atomic E-state index is 13.3. The van der Waals surface area contributed by atoms with Gasteiger partial charge < -0.3 is 5.32 Å². The summed E-state index contributed by atoms with van der Waals surface area (Å²) < 4.78 is 2.93. The fourth-order valence-electron chi connectivity index (χ4n) is 3.44. The number of aryl methyl sites for hydroxylation is 3. The molecule has 0 unspecified atom stereocenters. The highest BCUT2D eigenvalue weighted by Gasteiger charge is 2.18. The molecule has 0 saturated carbocycles. The molecular formula is C23H21N3O3S. The minimum Gasteiger partial charge on any atom is -0.324 e. The van der Waals surface area contributed by atoms with Crippen LogP contribution in [0.1, 0.15) is 16.7 Å². The second kappa shape index (κ2) is 7.76. The quantitative estimate of drug-likeness (QED) is 0.547. The van der Waals surface area contributed by atoms with Crippen LogP contribution in [-0.2, 0) is 11.3 Å². The van der Waals surface area contributed by atoms with Gasteiger partial charge in [-0.25, -0.2) is 9.36 Å². The molecule has 0 aliphatic heterocycles. The SMILES string of the molecule is Cc1cccc(-n2c(=O)c3sccc3n(CC(=O)Nc3cc(C)ccc3C)c2=O)c1. The Morgan fingerprint density at radius 1 is 1.00 bits per heavy atom. The molecule has 1 N–H and O–H groups in total. The maximum atomic E-state index is 13.3. The molecule has 0 fully saturated rings. The van der Waals surface area contributed by atoms with E-state index in [-0.39, 0.29) is 18.0 Å². The van der Waals surface area contributed by atoms with E-state index in [0.29, 0.717) is 21.6 Å². The predicted molar refractivity (Wildman–Crippen MR) is 121 cm³/mol. The maximum Gasteiger partial charge on any atom is 0.336 e. The zero-order valence-corrected chi connectivity index (χ0v) is 17.7. The van der Waals surface area contributed by atoms with Crippen LogP contribution in [0.2, 0.25) is 0 Å². The van der Waals surface area contributed by atoms with Crippen molar-refractivity contribution in [3.63, 3.8) is 0 Å². The predicted octanol–water partition coefficient (Wildman–Crippen LogP) is 3.78. The number of benzene rings is 2. The summed E-state index contributed by atoms with van der Waals surface area (Å²) in [7, 11) is 0. The van der Waals surface area contributed by atoms with Crippen molar-refractivity contribution in [2.24, 2.45) is 0 Å². The molecule has 4 aromatic rings. The van der Waals surface area contributed by atoms with Gasteiger partial charge in [-0.15, -0.1) is 11.3 Å². The largest absolute Gasteiger partial charge is 0.336 e.